The van der Waals surface area contributed by atoms with Gasteiger partial charge in [0.25, 0.3) is 11.8 Å². The third-order valence-corrected chi connectivity index (χ3v) is 5.06. The van der Waals surface area contributed by atoms with Crippen molar-refractivity contribution >= 4 is 23.2 Å². The highest BCUT2D eigenvalue weighted by Gasteiger charge is 2.28. The van der Waals surface area contributed by atoms with Crippen LogP contribution < -0.4 is 10.7 Å². The molecule has 3 aromatic rings. The van der Waals surface area contributed by atoms with Gasteiger partial charge in [-0.3, -0.25) is 14.6 Å². The van der Waals surface area contributed by atoms with Crippen molar-refractivity contribution in [1.29, 1.82) is 0 Å². The molecule has 0 unspecified atom stereocenters. The molecule has 0 aliphatic heterocycles. The maximum absolute atomic E-state index is 12.8. The van der Waals surface area contributed by atoms with Crippen molar-refractivity contribution in [3.8, 4) is 0 Å². The van der Waals surface area contributed by atoms with E-state index in [4.69, 9.17) is 4.42 Å². The van der Waals surface area contributed by atoms with E-state index in [0.717, 1.165) is 35.3 Å². The lowest BCUT2D eigenvalue weighted by molar-refractivity contribution is 0.0953. The summed E-state index contributed by atoms with van der Waals surface area (Å²) in [7, 11) is 0. The molecule has 0 bridgehead atoms. The lowest BCUT2D eigenvalue weighted by atomic mass is 9.93. The number of nitrogens with one attached hydrogen (secondary N) is 2. The Morgan fingerprint density at radius 2 is 1.87 bits per heavy atom. The highest BCUT2D eigenvalue weighted by Crippen LogP contribution is 2.30. The number of fused-ring (bicyclic) bond motifs is 1. The smallest absolute Gasteiger partial charge is 0.291 e. The van der Waals surface area contributed by atoms with Crippen LogP contribution in [0.1, 0.15) is 56.2 Å². The fraction of sp³-hybridized carbons (Fsp3) is 0.217. The third kappa shape index (κ3) is 4.00. The molecule has 7 nitrogen and oxygen atoms in total. The summed E-state index contributed by atoms with van der Waals surface area (Å²) in [6.07, 6.45) is 5.34. The van der Waals surface area contributed by atoms with Crippen LogP contribution in [0.2, 0.25) is 0 Å². The van der Waals surface area contributed by atoms with Crippen LogP contribution in [0, 0.1) is 13.8 Å². The molecule has 0 atom stereocenters. The van der Waals surface area contributed by atoms with Crippen molar-refractivity contribution < 1.29 is 14.0 Å². The zero-order valence-corrected chi connectivity index (χ0v) is 16.9. The number of benzene rings is 1. The number of carbonyl (C=O) groups excluding carboxylic acids is 2. The molecule has 0 saturated carbocycles. The summed E-state index contributed by atoms with van der Waals surface area (Å²) in [5.74, 6) is 0.363. The maximum Gasteiger partial charge on any atom is 0.291 e. The molecule has 152 valence electrons. The molecule has 0 fully saturated rings. The van der Waals surface area contributed by atoms with Gasteiger partial charge in [0.1, 0.15) is 5.76 Å². The van der Waals surface area contributed by atoms with E-state index in [1.54, 1.807) is 18.3 Å². The number of rotatable bonds is 4. The number of hydrogen-bond donors (Lipinski definition) is 2. The van der Waals surface area contributed by atoms with Gasteiger partial charge in [-0.1, -0.05) is 17.7 Å². The van der Waals surface area contributed by atoms with Gasteiger partial charge in [0.2, 0.25) is 0 Å². The first-order chi connectivity index (χ1) is 14.5. The number of anilines is 1. The number of hydrogen-bond acceptors (Lipinski definition) is 5. The zero-order valence-electron chi connectivity index (χ0n) is 16.9. The fourth-order valence-corrected chi connectivity index (χ4v) is 3.50. The molecule has 2 heterocycles. The Morgan fingerprint density at radius 1 is 1.07 bits per heavy atom. The van der Waals surface area contributed by atoms with E-state index in [1.165, 1.54) is 6.20 Å². The van der Waals surface area contributed by atoms with Gasteiger partial charge < -0.3 is 9.73 Å². The number of carbonyl (C=O) groups is 2. The quantitative estimate of drug-likeness (QED) is 0.644. The monoisotopic (exact) mass is 402 g/mol. The van der Waals surface area contributed by atoms with Gasteiger partial charge in [-0.15, -0.1) is 0 Å². The lowest BCUT2D eigenvalue weighted by Gasteiger charge is -2.13. The molecular weight excluding hydrogens is 380 g/mol. The summed E-state index contributed by atoms with van der Waals surface area (Å²) in [6.45, 7) is 3.83. The first kappa shape index (κ1) is 19.6. The fourth-order valence-electron chi connectivity index (χ4n) is 3.50. The van der Waals surface area contributed by atoms with E-state index >= 15 is 0 Å². The molecule has 7 heteroatoms. The van der Waals surface area contributed by atoms with Crippen LogP contribution in [-0.2, 0) is 6.42 Å². The van der Waals surface area contributed by atoms with Crippen LogP contribution in [0.5, 0.6) is 0 Å². The van der Waals surface area contributed by atoms with Crippen LogP contribution >= 0.6 is 0 Å². The van der Waals surface area contributed by atoms with Gasteiger partial charge >= 0.3 is 0 Å². The van der Waals surface area contributed by atoms with Crippen molar-refractivity contribution in [2.24, 2.45) is 5.10 Å². The maximum atomic E-state index is 12.8. The van der Waals surface area contributed by atoms with Crippen molar-refractivity contribution in [1.82, 2.24) is 10.4 Å². The van der Waals surface area contributed by atoms with Crippen molar-refractivity contribution in [2.75, 3.05) is 5.32 Å². The van der Waals surface area contributed by atoms with E-state index in [2.05, 4.69) is 20.8 Å². The second kappa shape index (κ2) is 8.32. The number of amides is 2. The van der Waals surface area contributed by atoms with Crippen LogP contribution in [0.4, 0.5) is 5.69 Å². The summed E-state index contributed by atoms with van der Waals surface area (Å²) in [5, 5.41) is 7.20. The van der Waals surface area contributed by atoms with Crippen molar-refractivity contribution in [3.05, 3.63) is 82.6 Å². The second-order valence-electron chi connectivity index (χ2n) is 7.27. The summed E-state index contributed by atoms with van der Waals surface area (Å²) in [5.41, 5.74) is 7.09. The second-order valence-corrected chi connectivity index (χ2v) is 7.27. The number of furan rings is 1. The van der Waals surface area contributed by atoms with Crippen LogP contribution in [0.25, 0.3) is 0 Å². The SMILES string of the molecule is Cc1ccc(NC(=O)c2oc3c(c2C)/C(=N/NC(=O)c2cccnc2)CCC3)cc1. The van der Waals surface area contributed by atoms with E-state index in [1.807, 2.05) is 38.1 Å². The number of aryl methyl sites for hydroxylation is 2. The molecule has 2 N–H and O–H groups in total. The zero-order chi connectivity index (χ0) is 21.1. The minimum Gasteiger partial charge on any atom is -0.455 e. The Labute approximate surface area is 174 Å². The van der Waals surface area contributed by atoms with Gasteiger partial charge in [-0.2, -0.15) is 5.10 Å². The third-order valence-electron chi connectivity index (χ3n) is 5.06. The van der Waals surface area contributed by atoms with E-state index in [9.17, 15) is 9.59 Å². The van der Waals surface area contributed by atoms with Gasteiger partial charge in [0.05, 0.1) is 11.3 Å². The summed E-state index contributed by atoms with van der Waals surface area (Å²) < 4.78 is 5.90. The summed E-state index contributed by atoms with van der Waals surface area (Å²) in [6, 6.07) is 10.9. The van der Waals surface area contributed by atoms with Crippen LogP contribution in [0.3, 0.4) is 0 Å². The predicted molar refractivity (Wildman–Crippen MR) is 114 cm³/mol. The van der Waals surface area contributed by atoms with Gasteiger partial charge in [-0.05, 0) is 51.0 Å². The van der Waals surface area contributed by atoms with Gasteiger partial charge in [0, 0.05) is 35.6 Å². The molecule has 2 aromatic heterocycles. The molecule has 2 amide bonds. The first-order valence-corrected chi connectivity index (χ1v) is 9.80. The Kier molecular flexibility index (Phi) is 5.43. The summed E-state index contributed by atoms with van der Waals surface area (Å²) >= 11 is 0. The molecule has 0 saturated heterocycles. The number of aromatic nitrogens is 1. The molecule has 4 rings (SSSR count). The predicted octanol–water partition coefficient (Wildman–Crippen LogP) is 4.01. The molecule has 0 radical (unpaired) electrons. The van der Waals surface area contributed by atoms with Crippen LogP contribution in [-0.4, -0.2) is 22.5 Å². The minimum absolute atomic E-state index is 0.272. The highest BCUT2D eigenvalue weighted by atomic mass is 16.4. The first-order valence-electron chi connectivity index (χ1n) is 9.80. The van der Waals surface area contributed by atoms with Crippen molar-refractivity contribution in [3.63, 3.8) is 0 Å². The normalized spacial score (nSPS) is 14.3. The number of hydrazone groups is 1. The lowest BCUT2D eigenvalue weighted by Crippen LogP contribution is -2.22. The Bertz CT molecular complexity index is 1120. The standard InChI is InChI=1S/C23H22N4O3/c1-14-8-10-17(11-9-14)25-23(29)21-15(2)20-18(6-3-7-19(20)30-21)26-27-22(28)16-5-4-12-24-13-16/h4-5,8-13H,3,6-7H2,1-2H3,(H,25,29)(H,27,28)/b26-18+. The Balaban J connectivity index is 1.56. The molecule has 1 aliphatic carbocycles. The van der Waals surface area contributed by atoms with E-state index in [-0.39, 0.29) is 17.6 Å². The van der Waals surface area contributed by atoms with E-state index in [0.29, 0.717) is 23.4 Å². The molecule has 0 spiro atoms. The van der Waals surface area contributed by atoms with Gasteiger partial charge in [0.15, 0.2) is 5.76 Å². The largest absolute Gasteiger partial charge is 0.455 e. The minimum atomic E-state index is -0.332. The average molecular weight is 402 g/mol. The topological polar surface area (TPSA) is 96.6 Å². The van der Waals surface area contributed by atoms with Crippen molar-refractivity contribution in [2.45, 2.75) is 33.1 Å². The Morgan fingerprint density at radius 3 is 2.60 bits per heavy atom. The number of nitrogens with zero attached hydrogens (tertiary/aromatic N) is 2. The van der Waals surface area contributed by atoms with Gasteiger partial charge in [-0.25, -0.2) is 5.43 Å². The molecule has 30 heavy (non-hydrogen) atoms. The average Bonchev–Trinajstić information content (AvgIpc) is 3.11. The molecule has 1 aromatic carbocycles. The molecule has 1 aliphatic rings. The Hall–Kier alpha value is -3.74. The van der Waals surface area contributed by atoms with Crippen LogP contribution in [0.15, 0.2) is 58.3 Å². The van der Waals surface area contributed by atoms with E-state index < -0.39 is 0 Å². The highest BCUT2D eigenvalue weighted by molar-refractivity contribution is 6.09. The summed E-state index contributed by atoms with van der Waals surface area (Å²) in [4.78, 5) is 29.0. The molecular formula is C23H22N4O3. The number of pyridine rings is 1.